The first kappa shape index (κ1) is 15.0. The van der Waals surface area contributed by atoms with Crippen LogP contribution in [-0.2, 0) is 11.3 Å². The van der Waals surface area contributed by atoms with Crippen LogP contribution in [0.25, 0.3) is 0 Å². The van der Waals surface area contributed by atoms with E-state index in [2.05, 4.69) is 36.9 Å². The van der Waals surface area contributed by atoms with Gasteiger partial charge in [-0.05, 0) is 49.9 Å². The number of carbonyl (C=O) groups is 1. The van der Waals surface area contributed by atoms with Crippen LogP contribution in [-0.4, -0.2) is 34.6 Å². The van der Waals surface area contributed by atoms with Gasteiger partial charge >= 0.3 is 5.97 Å². The molecule has 3 N–H and O–H groups in total. The number of piperidine rings is 1. The zero-order valence-corrected chi connectivity index (χ0v) is 12.3. The number of nitrogens with zero attached hydrogens (tertiary/aromatic N) is 1. The minimum Gasteiger partial charge on any atom is -0.480 e. The van der Waals surface area contributed by atoms with Crippen molar-refractivity contribution in [2.75, 3.05) is 6.54 Å². The highest BCUT2D eigenvalue weighted by Gasteiger charge is 2.31. The van der Waals surface area contributed by atoms with Crippen LogP contribution in [0.5, 0.6) is 0 Å². The maximum atomic E-state index is 11.1. The van der Waals surface area contributed by atoms with Gasteiger partial charge in [0.1, 0.15) is 6.04 Å². The van der Waals surface area contributed by atoms with Crippen LogP contribution in [0.1, 0.15) is 36.0 Å². The van der Waals surface area contributed by atoms with Gasteiger partial charge in [0, 0.05) is 12.6 Å². The Morgan fingerprint density at radius 1 is 1.40 bits per heavy atom. The molecule has 0 spiro atoms. The molecule has 1 aromatic rings. The van der Waals surface area contributed by atoms with Gasteiger partial charge in [-0.25, -0.2) is 0 Å². The summed E-state index contributed by atoms with van der Waals surface area (Å²) in [6.07, 6.45) is 3.06. The van der Waals surface area contributed by atoms with Crippen molar-refractivity contribution < 1.29 is 9.90 Å². The first-order valence-electron chi connectivity index (χ1n) is 7.27. The zero-order valence-electron chi connectivity index (χ0n) is 12.3. The van der Waals surface area contributed by atoms with Crippen molar-refractivity contribution >= 4 is 5.97 Å². The smallest absolute Gasteiger partial charge is 0.322 e. The normalized spacial score (nSPS) is 21.6. The summed E-state index contributed by atoms with van der Waals surface area (Å²) in [6, 6.07) is 5.60. The molecule has 4 heteroatoms. The molecule has 1 heterocycles. The number of benzene rings is 1. The van der Waals surface area contributed by atoms with Crippen LogP contribution in [0, 0.1) is 13.8 Å². The largest absolute Gasteiger partial charge is 0.480 e. The first-order chi connectivity index (χ1) is 9.49. The molecule has 0 amide bonds. The molecule has 1 aliphatic rings. The Balaban J connectivity index is 2.12. The van der Waals surface area contributed by atoms with Crippen molar-refractivity contribution in [2.24, 2.45) is 5.73 Å². The lowest BCUT2D eigenvalue weighted by Gasteiger charge is -2.37. The Bertz CT molecular complexity index is 487. The Morgan fingerprint density at radius 3 is 2.80 bits per heavy atom. The van der Waals surface area contributed by atoms with E-state index in [-0.39, 0.29) is 6.04 Å². The van der Waals surface area contributed by atoms with Crippen molar-refractivity contribution in [3.63, 3.8) is 0 Å². The lowest BCUT2D eigenvalue weighted by Crippen LogP contribution is -2.53. The minimum atomic E-state index is -0.901. The van der Waals surface area contributed by atoms with Crippen molar-refractivity contribution in [2.45, 2.75) is 51.7 Å². The summed E-state index contributed by atoms with van der Waals surface area (Å²) in [4.78, 5) is 13.4. The molecular weight excluding hydrogens is 252 g/mol. The van der Waals surface area contributed by atoms with Gasteiger partial charge in [-0.15, -0.1) is 0 Å². The number of carboxylic acid groups (broad SMARTS) is 1. The van der Waals surface area contributed by atoms with Crippen molar-refractivity contribution in [1.82, 2.24) is 4.90 Å². The van der Waals surface area contributed by atoms with E-state index < -0.39 is 12.0 Å². The second kappa shape index (κ2) is 6.37. The molecular formula is C16H24N2O2. The molecule has 2 atom stereocenters. The molecule has 2 rings (SSSR count). The third-order valence-corrected chi connectivity index (χ3v) is 4.32. The number of rotatable bonds is 4. The fourth-order valence-corrected chi connectivity index (χ4v) is 2.92. The predicted octanol–water partition coefficient (Wildman–Crippen LogP) is 2.07. The molecule has 2 unspecified atom stereocenters. The number of hydrogen-bond acceptors (Lipinski definition) is 3. The molecule has 110 valence electrons. The summed E-state index contributed by atoms with van der Waals surface area (Å²) in [5.74, 6) is -0.901. The number of aliphatic carboxylic acids is 1. The van der Waals surface area contributed by atoms with Gasteiger partial charge < -0.3 is 10.8 Å². The van der Waals surface area contributed by atoms with Gasteiger partial charge in [0.05, 0.1) is 0 Å². The van der Waals surface area contributed by atoms with Gasteiger partial charge in [-0.1, -0.05) is 24.6 Å². The summed E-state index contributed by atoms with van der Waals surface area (Å²) in [7, 11) is 0. The highest BCUT2D eigenvalue weighted by atomic mass is 16.4. The van der Waals surface area contributed by atoms with E-state index in [9.17, 15) is 4.79 Å². The van der Waals surface area contributed by atoms with Crippen LogP contribution in [0.4, 0.5) is 0 Å². The number of likely N-dealkylation sites (tertiary alicyclic amines) is 1. The van der Waals surface area contributed by atoms with E-state index in [0.717, 1.165) is 32.4 Å². The van der Waals surface area contributed by atoms with Gasteiger partial charge in [-0.3, -0.25) is 9.69 Å². The Kier molecular flexibility index (Phi) is 4.78. The van der Waals surface area contributed by atoms with Crippen molar-refractivity contribution in [3.05, 3.63) is 34.9 Å². The van der Waals surface area contributed by atoms with Gasteiger partial charge in [0.25, 0.3) is 0 Å². The highest BCUT2D eigenvalue weighted by molar-refractivity contribution is 5.74. The van der Waals surface area contributed by atoms with Crippen molar-refractivity contribution in [3.8, 4) is 0 Å². The molecule has 0 aromatic heterocycles. The average molecular weight is 276 g/mol. The summed E-state index contributed by atoms with van der Waals surface area (Å²) >= 11 is 0. The average Bonchev–Trinajstić information content (AvgIpc) is 2.42. The second-order valence-electron chi connectivity index (χ2n) is 5.82. The van der Waals surface area contributed by atoms with Gasteiger partial charge in [-0.2, -0.15) is 0 Å². The van der Waals surface area contributed by atoms with E-state index >= 15 is 0 Å². The highest BCUT2D eigenvalue weighted by Crippen LogP contribution is 2.22. The molecule has 1 aromatic carbocycles. The van der Waals surface area contributed by atoms with Gasteiger partial charge in [0.2, 0.25) is 0 Å². The van der Waals surface area contributed by atoms with Crippen molar-refractivity contribution in [1.29, 1.82) is 0 Å². The fourth-order valence-electron chi connectivity index (χ4n) is 2.92. The molecule has 20 heavy (non-hydrogen) atoms. The topological polar surface area (TPSA) is 66.6 Å². The minimum absolute atomic E-state index is 0.0529. The van der Waals surface area contributed by atoms with Crippen LogP contribution < -0.4 is 5.73 Å². The summed E-state index contributed by atoms with van der Waals surface area (Å²) in [5.41, 5.74) is 9.64. The van der Waals surface area contributed by atoms with Gasteiger partial charge in [0.15, 0.2) is 0 Å². The second-order valence-corrected chi connectivity index (χ2v) is 5.82. The standard InChI is InChI=1S/C16H24N2O2/c1-11-6-7-13(9-12(11)2)10-18-8-4-3-5-14(18)15(17)16(19)20/h6-7,9,14-15H,3-5,8,10,17H2,1-2H3,(H,19,20). The zero-order chi connectivity index (χ0) is 14.7. The van der Waals surface area contributed by atoms with Crippen LogP contribution in [0.3, 0.4) is 0 Å². The monoisotopic (exact) mass is 276 g/mol. The Labute approximate surface area is 120 Å². The first-order valence-corrected chi connectivity index (χ1v) is 7.27. The van der Waals surface area contributed by atoms with Crippen LogP contribution >= 0.6 is 0 Å². The van der Waals surface area contributed by atoms with E-state index in [1.54, 1.807) is 0 Å². The maximum absolute atomic E-state index is 11.1. The number of nitrogens with two attached hydrogens (primary N) is 1. The number of carboxylic acids is 1. The van der Waals surface area contributed by atoms with E-state index in [1.807, 2.05) is 0 Å². The Hall–Kier alpha value is -1.39. The summed E-state index contributed by atoms with van der Waals surface area (Å²) < 4.78 is 0. The van der Waals surface area contributed by atoms with E-state index in [0.29, 0.717) is 0 Å². The van der Waals surface area contributed by atoms with E-state index in [1.165, 1.54) is 16.7 Å². The van der Waals surface area contributed by atoms with Crippen LogP contribution in [0.15, 0.2) is 18.2 Å². The third-order valence-electron chi connectivity index (χ3n) is 4.32. The summed E-state index contributed by atoms with van der Waals surface area (Å²) in [5, 5.41) is 9.15. The Morgan fingerprint density at radius 2 is 2.15 bits per heavy atom. The SMILES string of the molecule is Cc1ccc(CN2CCCCC2C(N)C(=O)O)cc1C. The molecule has 1 saturated heterocycles. The summed E-state index contributed by atoms with van der Waals surface area (Å²) in [6.45, 7) is 5.92. The molecule has 1 fully saturated rings. The lowest BCUT2D eigenvalue weighted by atomic mass is 9.95. The molecule has 0 bridgehead atoms. The van der Waals surface area contributed by atoms with Crippen LogP contribution in [0.2, 0.25) is 0 Å². The molecule has 0 aliphatic carbocycles. The van der Waals surface area contributed by atoms with E-state index in [4.69, 9.17) is 10.8 Å². The third kappa shape index (κ3) is 3.38. The quantitative estimate of drug-likeness (QED) is 0.883. The number of hydrogen-bond donors (Lipinski definition) is 2. The molecule has 1 aliphatic heterocycles. The fraction of sp³-hybridized carbons (Fsp3) is 0.562. The number of aryl methyl sites for hydroxylation is 2. The maximum Gasteiger partial charge on any atom is 0.322 e. The lowest BCUT2D eigenvalue weighted by molar-refractivity contribution is -0.140. The molecule has 4 nitrogen and oxygen atoms in total. The molecule has 0 radical (unpaired) electrons. The predicted molar refractivity (Wildman–Crippen MR) is 79.6 cm³/mol. The molecule has 0 saturated carbocycles.